The molecule has 0 aliphatic carbocycles. The summed E-state index contributed by atoms with van der Waals surface area (Å²) in [6.45, 7) is -0.0581. The van der Waals surface area contributed by atoms with E-state index in [4.69, 9.17) is 9.84 Å². The van der Waals surface area contributed by atoms with E-state index in [9.17, 15) is 14.4 Å². The number of nitrogens with zero attached hydrogens (tertiary/aromatic N) is 3. The summed E-state index contributed by atoms with van der Waals surface area (Å²) in [6.07, 6.45) is 0.235. The molecule has 0 radical (unpaired) electrons. The van der Waals surface area contributed by atoms with Crippen LogP contribution in [0.4, 0.5) is 4.79 Å². The molecule has 1 aromatic rings. The zero-order valence-electron chi connectivity index (χ0n) is 11.0. The molecule has 0 aliphatic heterocycles. The number of amides is 3. The molecule has 0 saturated carbocycles. The van der Waals surface area contributed by atoms with Crippen LogP contribution >= 0.6 is 0 Å². The Morgan fingerprint density at radius 2 is 2.10 bits per heavy atom. The van der Waals surface area contributed by atoms with Gasteiger partial charge in [-0.2, -0.15) is 0 Å². The van der Waals surface area contributed by atoms with E-state index in [1.165, 1.54) is 14.2 Å². The van der Waals surface area contributed by atoms with Crippen molar-refractivity contribution in [1.82, 2.24) is 25.6 Å². The molecule has 0 bridgehead atoms. The van der Waals surface area contributed by atoms with Gasteiger partial charge in [-0.3, -0.25) is 10.1 Å². The van der Waals surface area contributed by atoms with Gasteiger partial charge >= 0.3 is 12.0 Å². The second-order valence-electron chi connectivity index (χ2n) is 3.72. The third kappa shape index (κ3) is 4.02. The lowest BCUT2D eigenvalue weighted by atomic mass is 10.2. The average Bonchev–Trinajstić information content (AvgIpc) is 2.78. The van der Waals surface area contributed by atoms with Crippen LogP contribution in [0.15, 0.2) is 0 Å². The third-order valence-corrected chi connectivity index (χ3v) is 2.36. The van der Waals surface area contributed by atoms with Crippen molar-refractivity contribution in [2.75, 3.05) is 20.8 Å². The quantitative estimate of drug-likeness (QED) is 0.586. The van der Waals surface area contributed by atoms with Crippen molar-refractivity contribution in [3.05, 3.63) is 11.4 Å². The second-order valence-corrected chi connectivity index (χ2v) is 3.72. The molecule has 0 atom stereocenters. The van der Waals surface area contributed by atoms with Crippen molar-refractivity contribution in [2.45, 2.75) is 13.0 Å². The Bertz CT molecular complexity index is 512. The van der Waals surface area contributed by atoms with Crippen molar-refractivity contribution < 1.29 is 24.2 Å². The highest BCUT2D eigenvalue weighted by atomic mass is 16.5. The number of imide groups is 1. The average molecular weight is 285 g/mol. The minimum Gasteiger partial charge on any atom is -0.476 e. The van der Waals surface area contributed by atoms with Gasteiger partial charge in [-0.15, -0.1) is 5.10 Å². The Morgan fingerprint density at radius 1 is 1.40 bits per heavy atom. The molecule has 1 heterocycles. The van der Waals surface area contributed by atoms with E-state index < -0.39 is 17.9 Å². The number of rotatable bonds is 6. The maximum atomic E-state index is 11.5. The second kappa shape index (κ2) is 7.19. The highest BCUT2D eigenvalue weighted by Gasteiger charge is 2.20. The van der Waals surface area contributed by atoms with Gasteiger partial charge in [0.15, 0.2) is 5.69 Å². The number of ether oxygens (including phenoxy) is 1. The highest BCUT2D eigenvalue weighted by molar-refractivity contribution is 5.94. The fraction of sp³-hybridized carbons (Fsp3) is 0.500. The van der Waals surface area contributed by atoms with E-state index in [-0.39, 0.29) is 31.0 Å². The van der Waals surface area contributed by atoms with Gasteiger partial charge in [-0.05, 0) is 0 Å². The summed E-state index contributed by atoms with van der Waals surface area (Å²) in [5, 5.41) is 20.3. The van der Waals surface area contributed by atoms with Gasteiger partial charge in [0, 0.05) is 20.6 Å². The number of hydrogen-bond acceptors (Lipinski definition) is 6. The lowest BCUT2D eigenvalue weighted by Gasteiger charge is -2.07. The van der Waals surface area contributed by atoms with Gasteiger partial charge in [0.25, 0.3) is 0 Å². The molecular weight excluding hydrogens is 270 g/mol. The Labute approximate surface area is 114 Å². The summed E-state index contributed by atoms with van der Waals surface area (Å²) in [4.78, 5) is 33.5. The molecule has 10 heteroatoms. The standard InChI is InChI=1S/C10H15N5O5/c1-11-10(19)12-7(16)5-15-6(3-4-20-2)8(9(17)18)13-14-15/h3-5H2,1-2H3,(H,17,18)(H2,11,12,16,19). The number of carboxylic acids is 1. The Hall–Kier alpha value is -2.49. The van der Waals surface area contributed by atoms with Gasteiger partial charge in [-0.25, -0.2) is 14.3 Å². The van der Waals surface area contributed by atoms with Crippen LogP contribution in [0.2, 0.25) is 0 Å². The monoisotopic (exact) mass is 285 g/mol. The molecule has 1 aromatic heterocycles. The highest BCUT2D eigenvalue weighted by Crippen LogP contribution is 2.07. The predicted molar refractivity (Wildman–Crippen MR) is 65.2 cm³/mol. The maximum Gasteiger partial charge on any atom is 0.358 e. The van der Waals surface area contributed by atoms with Crippen molar-refractivity contribution in [2.24, 2.45) is 0 Å². The number of aromatic carboxylic acids is 1. The minimum absolute atomic E-state index is 0.235. The number of aromatic nitrogens is 3. The number of methoxy groups -OCH3 is 1. The molecule has 3 amide bonds. The van der Waals surface area contributed by atoms with Gasteiger partial charge in [-0.1, -0.05) is 5.21 Å². The van der Waals surface area contributed by atoms with Crippen LogP contribution in [-0.4, -0.2) is 58.8 Å². The lowest BCUT2D eigenvalue weighted by Crippen LogP contribution is -2.39. The molecule has 20 heavy (non-hydrogen) atoms. The Balaban J connectivity index is 2.85. The molecule has 0 spiro atoms. The number of nitrogens with one attached hydrogen (secondary N) is 2. The summed E-state index contributed by atoms with van der Waals surface area (Å²) in [6, 6.07) is -0.660. The lowest BCUT2D eigenvalue weighted by molar-refractivity contribution is -0.120. The number of hydrogen-bond donors (Lipinski definition) is 3. The molecule has 0 unspecified atom stereocenters. The Kier molecular flexibility index (Phi) is 5.59. The number of carbonyl (C=O) groups excluding carboxylic acids is 2. The molecule has 0 aliphatic rings. The third-order valence-electron chi connectivity index (χ3n) is 2.36. The molecule has 1 rings (SSSR count). The summed E-state index contributed by atoms with van der Waals surface area (Å²) in [5.41, 5.74) is 0.0150. The SMILES string of the molecule is CNC(=O)NC(=O)Cn1nnc(C(=O)O)c1CCOC. The van der Waals surface area contributed by atoms with Gasteiger partial charge in [0.05, 0.1) is 12.3 Å². The van der Waals surface area contributed by atoms with E-state index in [2.05, 4.69) is 15.6 Å². The van der Waals surface area contributed by atoms with Crippen molar-refractivity contribution >= 4 is 17.9 Å². The first kappa shape index (κ1) is 15.6. The van der Waals surface area contributed by atoms with Crippen molar-refractivity contribution in [3.63, 3.8) is 0 Å². The molecule has 3 N–H and O–H groups in total. The van der Waals surface area contributed by atoms with Crippen LogP contribution < -0.4 is 10.6 Å². The normalized spacial score (nSPS) is 10.1. The first-order valence-electron chi connectivity index (χ1n) is 5.65. The van der Waals surface area contributed by atoms with Crippen LogP contribution in [0.1, 0.15) is 16.2 Å². The Morgan fingerprint density at radius 3 is 2.65 bits per heavy atom. The van der Waals surface area contributed by atoms with Crippen LogP contribution in [0.5, 0.6) is 0 Å². The fourth-order valence-electron chi connectivity index (χ4n) is 1.44. The summed E-state index contributed by atoms with van der Waals surface area (Å²) < 4.78 is 5.99. The van der Waals surface area contributed by atoms with Crippen LogP contribution in [-0.2, 0) is 22.5 Å². The van der Waals surface area contributed by atoms with Crippen LogP contribution in [0, 0.1) is 0 Å². The van der Waals surface area contributed by atoms with E-state index >= 15 is 0 Å². The molecular formula is C10H15N5O5. The van der Waals surface area contributed by atoms with Gasteiger partial charge in [0.1, 0.15) is 6.54 Å². The van der Waals surface area contributed by atoms with Crippen LogP contribution in [0.25, 0.3) is 0 Å². The van der Waals surface area contributed by atoms with E-state index in [1.54, 1.807) is 0 Å². The molecule has 0 aromatic carbocycles. The molecule has 0 saturated heterocycles. The number of carbonyl (C=O) groups is 3. The maximum absolute atomic E-state index is 11.5. The van der Waals surface area contributed by atoms with Gasteiger partial charge in [0.2, 0.25) is 5.91 Å². The molecule has 10 nitrogen and oxygen atoms in total. The summed E-state index contributed by atoms with van der Waals surface area (Å²) >= 11 is 0. The first-order chi connectivity index (χ1) is 9.49. The van der Waals surface area contributed by atoms with Crippen molar-refractivity contribution in [1.29, 1.82) is 0 Å². The number of urea groups is 1. The topological polar surface area (TPSA) is 135 Å². The largest absolute Gasteiger partial charge is 0.476 e. The smallest absolute Gasteiger partial charge is 0.358 e. The van der Waals surface area contributed by atoms with E-state index in [0.717, 1.165) is 4.68 Å². The van der Waals surface area contributed by atoms with Crippen LogP contribution in [0.3, 0.4) is 0 Å². The van der Waals surface area contributed by atoms with E-state index in [1.807, 2.05) is 5.32 Å². The van der Waals surface area contributed by atoms with Gasteiger partial charge < -0.3 is 15.2 Å². The molecule has 110 valence electrons. The summed E-state index contributed by atoms with van der Waals surface area (Å²) in [7, 11) is 2.83. The zero-order valence-corrected chi connectivity index (χ0v) is 11.0. The fourth-order valence-corrected chi connectivity index (χ4v) is 1.44. The number of carboxylic acid groups (broad SMARTS) is 1. The zero-order chi connectivity index (χ0) is 15.1. The molecule has 0 fully saturated rings. The minimum atomic E-state index is -1.24. The first-order valence-corrected chi connectivity index (χ1v) is 5.65. The summed E-state index contributed by atoms with van der Waals surface area (Å²) in [5.74, 6) is -1.88. The van der Waals surface area contributed by atoms with E-state index in [0.29, 0.717) is 0 Å². The predicted octanol–water partition coefficient (Wildman–Crippen LogP) is -1.38. The van der Waals surface area contributed by atoms with Crippen molar-refractivity contribution in [3.8, 4) is 0 Å².